The molecule has 5 heteroatoms. The van der Waals surface area contributed by atoms with Crippen LogP contribution in [0.3, 0.4) is 0 Å². The van der Waals surface area contributed by atoms with Crippen LogP contribution in [0.1, 0.15) is 57.4 Å². The number of aryl methyl sites for hydroxylation is 1. The first-order valence-electron chi connectivity index (χ1n) is 11.1. The molecule has 0 amide bonds. The molecular weight excluding hydrogens is 354 g/mol. The fourth-order valence-corrected chi connectivity index (χ4v) is 3.78. The zero-order valence-electron chi connectivity index (χ0n) is 17.8. The molecule has 3 N–H and O–H groups in total. The maximum absolute atomic E-state index is 9.38. The summed E-state index contributed by atoms with van der Waals surface area (Å²) in [5, 5.41) is 28.2. The maximum atomic E-state index is 9.38. The van der Waals surface area contributed by atoms with E-state index in [-0.39, 0.29) is 19.8 Å². The Balaban J connectivity index is 2.48. The van der Waals surface area contributed by atoms with E-state index in [9.17, 15) is 15.3 Å². The molecule has 0 atom stereocenters. The Morgan fingerprint density at radius 2 is 1.32 bits per heavy atom. The molecule has 1 rings (SSSR count). The Bertz CT molecular complexity index is 478. The van der Waals surface area contributed by atoms with E-state index in [0.717, 1.165) is 12.2 Å². The first-order valence-corrected chi connectivity index (χ1v) is 11.1. The number of hydrogen-bond donors (Lipinski definition) is 3. The molecule has 0 bridgehead atoms. The molecule has 0 spiro atoms. The van der Waals surface area contributed by atoms with Gasteiger partial charge in [-0.3, -0.25) is 0 Å². The molecule has 1 aromatic rings. The molecule has 0 aliphatic rings. The fourth-order valence-electron chi connectivity index (χ4n) is 3.78. The Morgan fingerprint density at radius 3 is 1.93 bits per heavy atom. The van der Waals surface area contributed by atoms with Crippen molar-refractivity contribution < 1.29 is 24.5 Å². The Kier molecular flexibility index (Phi) is 14.0. The molecule has 0 aliphatic carbocycles. The second-order valence-corrected chi connectivity index (χ2v) is 7.73. The summed E-state index contributed by atoms with van der Waals surface area (Å²) < 4.78 is 6.56. The number of unbranched alkanes of at least 4 members (excludes halogenated alkanes) is 6. The summed E-state index contributed by atoms with van der Waals surface area (Å²) in [6.07, 6.45) is 10.1. The van der Waals surface area contributed by atoms with Crippen LogP contribution in [0.25, 0.3) is 0 Å². The number of para-hydroxylation sites is 1. The van der Waals surface area contributed by atoms with E-state index in [0.29, 0.717) is 37.3 Å². The molecule has 0 heterocycles. The smallest absolute Gasteiger partial charge is 0.137 e. The van der Waals surface area contributed by atoms with Gasteiger partial charge in [0, 0.05) is 0 Å². The lowest BCUT2D eigenvalue weighted by Crippen LogP contribution is -2.55. The van der Waals surface area contributed by atoms with Crippen LogP contribution in [-0.2, 0) is 6.42 Å². The third-order valence-electron chi connectivity index (χ3n) is 5.57. The van der Waals surface area contributed by atoms with Gasteiger partial charge in [0.05, 0.1) is 19.8 Å². The predicted molar refractivity (Wildman–Crippen MR) is 115 cm³/mol. The number of ether oxygens (including phenoxy) is 1. The number of hydrogen-bond acceptors (Lipinski definition) is 4. The second kappa shape index (κ2) is 15.7. The summed E-state index contributed by atoms with van der Waals surface area (Å²) >= 11 is 0. The minimum absolute atomic E-state index is 0.0366. The SMILES string of the molecule is CCCCCCCCCc1ccccc1OCC[N+](CCO)(CCO)CCO. The Hall–Kier alpha value is -1.14. The Morgan fingerprint density at radius 1 is 0.750 bits per heavy atom. The summed E-state index contributed by atoms with van der Waals surface area (Å²) in [6, 6.07) is 8.23. The highest BCUT2D eigenvalue weighted by Gasteiger charge is 2.26. The quantitative estimate of drug-likeness (QED) is 0.263. The standard InChI is InChI=1S/C23H42NO4/c1-2-3-4-5-6-7-8-11-22-12-9-10-13-23(22)28-21-17-24(14-18-25,15-19-26)16-20-27/h9-10,12-13,25-27H,2-8,11,14-21H2,1H3/q+1. The van der Waals surface area contributed by atoms with E-state index < -0.39 is 0 Å². The molecule has 162 valence electrons. The van der Waals surface area contributed by atoms with Crippen LogP contribution in [0.15, 0.2) is 24.3 Å². The van der Waals surface area contributed by atoms with Crippen molar-refractivity contribution >= 4 is 0 Å². The average Bonchev–Trinajstić information content (AvgIpc) is 2.69. The third-order valence-corrected chi connectivity index (χ3v) is 5.57. The van der Waals surface area contributed by atoms with Crippen LogP contribution in [0.5, 0.6) is 5.75 Å². The molecule has 0 saturated carbocycles. The van der Waals surface area contributed by atoms with Crippen molar-refractivity contribution in [3.63, 3.8) is 0 Å². The maximum Gasteiger partial charge on any atom is 0.137 e. The lowest BCUT2D eigenvalue weighted by atomic mass is 10.0. The summed E-state index contributed by atoms with van der Waals surface area (Å²) in [4.78, 5) is 0. The van der Waals surface area contributed by atoms with Crippen LogP contribution in [-0.4, -0.2) is 72.4 Å². The summed E-state index contributed by atoms with van der Waals surface area (Å²) in [5.74, 6) is 0.934. The first kappa shape index (κ1) is 24.9. The summed E-state index contributed by atoms with van der Waals surface area (Å²) in [6.45, 7) is 5.08. The molecule has 28 heavy (non-hydrogen) atoms. The number of aliphatic hydroxyl groups excluding tert-OH is 3. The van der Waals surface area contributed by atoms with Crippen LogP contribution in [0.2, 0.25) is 0 Å². The van der Waals surface area contributed by atoms with Crippen molar-refractivity contribution in [3.05, 3.63) is 29.8 Å². The van der Waals surface area contributed by atoms with E-state index >= 15 is 0 Å². The van der Waals surface area contributed by atoms with Crippen molar-refractivity contribution in [2.75, 3.05) is 52.6 Å². The van der Waals surface area contributed by atoms with Crippen LogP contribution >= 0.6 is 0 Å². The van der Waals surface area contributed by atoms with Crippen molar-refractivity contribution in [1.82, 2.24) is 0 Å². The lowest BCUT2D eigenvalue weighted by molar-refractivity contribution is -0.928. The lowest BCUT2D eigenvalue weighted by Gasteiger charge is -2.37. The van der Waals surface area contributed by atoms with Crippen molar-refractivity contribution in [2.24, 2.45) is 0 Å². The Labute approximate surface area is 171 Å². The molecule has 0 saturated heterocycles. The van der Waals surface area contributed by atoms with Crippen molar-refractivity contribution in [3.8, 4) is 5.75 Å². The van der Waals surface area contributed by atoms with E-state index in [1.165, 1.54) is 50.5 Å². The molecular formula is C23H42NO4+. The number of quaternary nitrogens is 1. The fraction of sp³-hybridized carbons (Fsp3) is 0.739. The largest absolute Gasteiger partial charge is 0.487 e. The summed E-state index contributed by atoms with van der Waals surface area (Å²) in [7, 11) is 0. The predicted octanol–water partition coefficient (Wildman–Crippen LogP) is 3.15. The first-order chi connectivity index (χ1) is 13.7. The van der Waals surface area contributed by atoms with Gasteiger partial charge in [-0.2, -0.15) is 0 Å². The molecule has 0 aromatic heterocycles. The van der Waals surface area contributed by atoms with Crippen LogP contribution in [0.4, 0.5) is 0 Å². The van der Waals surface area contributed by atoms with E-state index in [4.69, 9.17) is 4.74 Å². The second-order valence-electron chi connectivity index (χ2n) is 7.73. The number of benzene rings is 1. The van der Waals surface area contributed by atoms with Gasteiger partial charge in [-0.1, -0.05) is 63.6 Å². The highest BCUT2D eigenvalue weighted by molar-refractivity contribution is 5.33. The molecule has 0 unspecified atom stereocenters. The molecule has 0 fully saturated rings. The van der Waals surface area contributed by atoms with E-state index in [1.807, 2.05) is 12.1 Å². The minimum Gasteiger partial charge on any atom is -0.487 e. The van der Waals surface area contributed by atoms with Gasteiger partial charge in [-0.05, 0) is 24.5 Å². The molecule has 0 radical (unpaired) electrons. The van der Waals surface area contributed by atoms with Gasteiger partial charge in [0.25, 0.3) is 0 Å². The highest BCUT2D eigenvalue weighted by atomic mass is 16.5. The van der Waals surface area contributed by atoms with Gasteiger partial charge in [0.15, 0.2) is 0 Å². The molecule has 1 aromatic carbocycles. The van der Waals surface area contributed by atoms with Crippen molar-refractivity contribution in [1.29, 1.82) is 0 Å². The van der Waals surface area contributed by atoms with Gasteiger partial charge >= 0.3 is 0 Å². The zero-order valence-corrected chi connectivity index (χ0v) is 17.8. The van der Waals surface area contributed by atoms with Crippen LogP contribution in [0, 0.1) is 0 Å². The van der Waals surface area contributed by atoms with E-state index in [1.54, 1.807) is 0 Å². The minimum atomic E-state index is 0.0366. The zero-order chi connectivity index (χ0) is 20.5. The van der Waals surface area contributed by atoms with Gasteiger partial charge in [-0.15, -0.1) is 0 Å². The van der Waals surface area contributed by atoms with Gasteiger partial charge in [-0.25, -0.2) is 0 Å². The third kappa shape index (κ3) is 9.87. The number of rotatable bonds is 18. The number of aliphatic hydroxyl groups is 3. The van der Waals surface area contributed by atoms with Crippen molar-refractivity contribution in [2.45, 2.75) is 58.3 Å². The summed E-state index contributed by atoms with van der Waals surface area (Å²) in [5.41, 5.74) is 1.25. The van der Waals surface area contributed by atoms with Crippen LogP contribution < -0.4 is 4.74 Å². The highest BCUT2D eigenvalue weighted by Crippen LogP contribution is 2.21. The average molecular weight is 397 g/mol. The van der Waals surface area contributed by atoms with Gasteiger partial charge < -0.3 is 24.5 Å². The molecule has 0 aliphatic heterocycles. The van der Waals surface area contributed by atoms with E-state index in [2.05, 4.69) is 19.1 Å². The molecule has 5 nitrogen and oxygen atoms in total. The number of nitrogens with zero attached hydrogens (tertiary/aromatic N) is 1. The normalized spacial score (nSPS) is 11.7. The van der Waals surface area contributed by atoms with Gasteiger partial charge in [0.1, 0.15) is 38.5 Å². The monoisotopic (exact) mass is 396 g/mol. The topological polar surface area (TPSA) is 69.9 Å². The van der Waals surface area contributed by atoms with Gasteiger partial charge in [0.2, 0.25) is 0 Å².